The molecule has 25 heavy (non-hydrogen) atoms. The highest BCUT2D eigenvalue weighted by atomic mass is 16.1. The summed E-state index contributed by atoms with van der Waals surface area (Å²) >= 11 is 0. The zero-order chi connectivity index (χ0) is 17.1. The summed E-state index contributed by atoms with van der Waals surface area (Å²) in [6, 6.07) is 16.7. The summed E-state index contributed by atoms with van der Waals surface area (Å²) in [6.07, 6.45) is 5.18. The molecular formula is C19H15N5O. The number of fused-ring (bicyclic) bond motifs is 1. The lowest BCUT2D eigenvalue weighted by atomic mass is 10.1. The molecule has 0 saturated carbocycles. The molecule has 0 fully saturated rings. The van der Waals surface area contributed by atoms with E-state index < -0.39 is 0 Å². The first-order valence-corrected chi connectivity index (χ1v) is 7.80. The minimum atomic E-state index is -0.174. The molecular weight excluding hydrogens is 314 g/mol. The van der Waals surface area contributed by atoms with E-state index in [-0.39, 0.29) is 5.91 Å². The van der Waals surface area contributed by atoms with Gasteiger partial charge in [-0.1, -0.05) is 6.07 Å². The first kappa shape index (κ1) is 14.9. The molecule has 2 aromatic heterocycles. The van der Waals surface area contributed by atoms with Crippen molar-refractivity contribution in [2.45, 2.75) is 0 Å². The van der Waals surface area contributed by atoms with E-state index in [1.807, 2.05) is 42.6 Å². The lowest BCUT2D eigenvalue weighted by Crippen LogP contribution is -2.12. The van der Waals surface area contributed by atoms with Gasteiger partial charge < -0.3 is 15.6 Å². The number of aromatic nitrogens is 3. The van der Waals surface area contributed by atoms with Gasteiger partial charge in [0.2, 0.25) is 5.95 Å². The Kier molecular flexibility index (Phi) is 3.84. The van der Waals surface area contributed by atoms with Crippen LogP contribution < -0.4 is 10.6 Å². The minimum absolute atomic E-state index is 0.174. The van der Waals surface area contributed by atoms with Crippen LogP contribution in [0.5, 0.6) is 0 Å². The molecule has 1 amide bonds. The van der Waals surface area contributed by atoms with Gasteiger partial charge in [-0.05, 0) is 48.5 Å². The van der Waals surface area contributed by atoms with Gasteiger partial charge in [0, 0.05) is 46.4 Å². The minimum Gasteiger partial charge on any atom is -0.361 e. The molecule has 0 aliphatic heterocycles. The second kappa shape index (κ2) is 6.45. The van der Waals surface area contributed by atoms with Crippen LogP contribution >= 0.6 is 0 Å². The maximum atomic E-state index is 12.5. The molecule has 0 aliphatic carbocycles. The third-order valence-corrected chi connectivity index (χ3v) is 3.76. The molecule has 0 aliphatic rings. The number of nitrogens with zero attached hydrogens (tertiary/aromatic N) is 2. The fourth-order valence-electron chi connectivity index (χ4n) is 2.57. The zero-order valence-electron chi connectivity index (χ0n) is 13.2. The Labute approximate surface area is 144 Å². The normalized spacial score (nSPS) is 10.6. The largest absolute Gasteiger partial charge is 0.361 e. The number of hydrogen-bond acceptors (Lipinski definition) is 4. The molecule has 3 N–H and O–H groups in total. The summed E-state index contributed by atoms with van der Waals surface area (Å²) in [5, 5.41) is 7.05. The van der Waals surface area contributed by atoms with Crippen molar-refractivity contribution in [3.63, 3.8) is 0 Å². The molecule has 4 aromatic rings. The summed E-state index contributed by atoms with van der Waals surface area (Å²) in [6.45, 7) is 0. The van der Waals surface area contributed by atoms with E-state index in [0.29, 0.717) is 11.5 Å². The number of hydrogen-bond donors (Lipinski definition) is 3. The third kappa shape index (κ3) is 3.32. The molecule has 2 heterocycles. The van der Waals surface area contributed by atoms with Crippen molar-refractivity contribution < 1.29 is 4.79 Å². The highest BCUT2D eigenvalue weighted by molar-refractivity contribution is 6.05. The number of carbonyl (C=O) groups excluding carboxylic acids is 1. The van der Waals surface area contributed by atoms with Gasteiger partial charge in [-0.2, -0.15) is 0 Å². The predicted octanol–water partition coefficient (Wildman–Crippen LogP) is 3.95. The van der Waals surface area contributed by atoms with E-state index in [1.165, 1.54) is 0 Å². The van der Waals surface area contributed by atoms with Crippen LogP contribution in [0.25, 0.3) is 10.9 Å². The van der Waals surface area contributed by atoms with E-state index in [9.17, 15) is 4.79 Å². The fourth-order valence-corrected chi connectivity index (χ4v) is 2.57. The Hall–Kier alpha value is -3.67. The lowest BCUT2D eigenvalue weighted by Gasteiger charge is -2.08. The topological polar surface area (TPSA) is 82.7 Å². The Bertz CT molecular complexity index is 1030. The lowest BCUT2D eigenvalue weighted by molar-refractivity contribution is 0.102. The van der Waals surface area contributed by atoms with Gasteiger partial charge in [-0.3, -0.25) is 4.79 Å². The highest BCUT2D eigenvalue weighted by Gasteiger charge is 2.08. The number of rotatable bonds is 4. The monoisotopic (exact) mass is 329 g/mol. The molecule has 122 valence electrons. The number of anilines is 3. The molecule has 0 spiro atoms. The average molecular weight is 329 g/mol. The molecule has 6 nitrogen and oxygen atoms in total. The quantitative estimate of drug-likeness (QED) is 0.529. The Morgan fingerprint density at radius 3 is 2.68 bits per heavy atom. The Morgan fingerprint density at radius 1 is 0.920 bits per heavy atom. The van der Waals surface area contributed by atoms with Crippen molar-refractivity contribution in [3.8, 4) is 0 Å². The van der Waals surface area contributed by atoms with Gasteiger partial charge in [0.05, 0.1) is 0 Å². The van der Waals surface area contributed by atoms with Crippen molar-refractivity contribution in [2.24, 2.45) is 0 Å². The van der Waals surface area contributed by atoms with Gasteiger partial charge in [0.15, 0.2) is 0 Å². The van der Waals surface area contributed by atoms with Crippen LogP contribution in [0.4, 0.5) is 17.3 Å². The Morgan fingerprint density at radius 2 is 1.80 bits per heavy atom. The molecule has 2 aromatic carbocycles. The van der Waals surface area contributed by atoms with Crippen LogP contribution in [0.2, 0.25) is 0 Å². The van der Waals surface area contributed by atoms with Crippen molar-refractivity contribution in [3.05, 3.63) is 78.8 Å². The van der Waals surface area contributed by atoms with Crippen LogP contribution in [-0.4, -0.2) is 20.9 Å². The molecule has 0 radical (unpaired) electrons. The van der Waals surface area contributed by atoms with Crippen LogP contribution in [0.15, 0.2) is 73.2 Å². The summed E-state index contributed by atoms with van der Waals surface area (Å²) in [5.41, 5.74) is 3.09. The molecule has 0 atom stereocenters. The third-order valence-electron chi connectivity index (χ3n) is 3.76. The van der Waals surface area contributed by atoms with E-state index in [4.69, 9.17) is 0 Å². The number of carbonyl (C=O) groups is 1. The van der Waals surface area contributed by atoms with Gasteiger partial charge >= 0.3 is 0 Å². The summed E-state index contributed by atoms with van der Waals surface area (Å²) in [5.74, 6) is 0.311. The van der Waals surface area contributed by atoms with Crippen molar-refractivity contribution in [1.82, 2.24) is 15.0 Å². The first-order valence-electron chi connectivity index (χ1n) is 7.80. The number of nitrogens with one attached hydrogen (secondary N) is 3. The molecule has 0 saturated heterocycles. The summed E-state index contributed by atoms with van der Waals surface area (Å²) < 4.78 is 0. The summed E-state index contributed by atoms with van der Waals surface area (Å²) in [7, 11) is 0. The smallest absolute Gasteiger partial charge is 0.255 e. The maximum Gasteiger partial charge on any atom is 0.255 e. The number of aromatic amines is 1. The molecule has 0 bridgehead atoms. The highest BCUT2D eigenvalue weighted by Crippen LogP contribution is 2.20. The Balaban J connectivity index is 1.52. The average Bonchev–Trinajstić information content (AvgIpc) is 3.10. The number of benzene rings is 2. The fraction of sp³-hybridized carbons (Fsp3) is 0. The number of amides is 1. The van der Waals surface area contributed by atoms with Crippen LogP contribution in [-0.2, 0) is 0 Å². The van der Waals surface area contributed by atoms with Gasteiger partial charge in [-0.15, -0.1) is 0 Å². The molecule has 6 heteroatoms. The van der Waals surface area contributed by atoms with Gasteiger partial charge in [0.25, 0.3) is 5.91 Å². The molecule has 0 unspecified atom stereocenters. The van der Waals surface area contributed by atoms with E-state index in [0.717, 1.165) is 22.3 Å². The van der Waals surface area contributed by atoms with E-state index >= 15 is 0 Å². The van der Waals surface area contributed by atoms with Crippen LogP contribution in [0, 0.1) is 0 Å². The summed E-state index contributed by atoms with van der Waals surface area (Å²) in [4.78, 5) is 23.9. The SMILES string of the molecule is O=C(Nc1ccc2[nH]ccc2c1)c1cccc(Nc2ncccn2)c1. The first-order chi connectivity index (χ1) is 12.3. The van der Waals surface area contributed by atoms with E-state index in [2.05, 4.69) is 25.6 Å². The van der Waals surface area contributed by atoms with Crippen molar-refractivity contribution >= 4 is 34.1 Å². The van der Waals surface area contributed by atoms with Gasteiger partial charge in [0.1, 0.15) is 0 Å². The predicted molar refractivity (Wildman–Crippen MR) is 98.0 cm³/mol. The maximum absolute atomic E-state index is 12.5. The van der Waals surface area contributed by atoms with E-state index in [1.54, 1.807) is 30.6 Å². The van der Waals surface area contributed by atoms with Crippen molar-refractivity contribution in [2.75, 3.05) is 10.6 Å². The van der Waals surface area contributed by atoms with Crippen molar-refractivity contribution in [1.29, 1.82) is 0 Å². The molecule has 4 rings (SSSR count). The second-order valence-electron chi connectivity index (χ2n) is 5.51. The standard InChI is InChI=1S/C19H15N5O/c25-18(23-16-5-6-17-13(11-16)7-10-20-17)14-3-1-4-15(12-14)24-19-21-8-2-9-22-19/h1-12,20H,(H,23,25)(H,21,22,24). The van der Waals surface area contributed by atoms with Crippen LogP contribution in [0.1, 0.15) is 10.4 Å². The zero-order valence-corrected chi connectivity index (χ0v) is 13.2. The van der Waals surface area contributed by atoms with Gasteiger partial charge in [-0.25, -0.2) is 9.97 Å². The second-order valence-corrected chi connectivity index (χ2v) is 5.51. The number of H-pyrrole nitrogens is 1. The van der Waals surface area contributed by atoms with Crippen LogP contribution in [0.3, 0.4) is 0 Å².